The molecule has 0 heterocycles. The van der Waals surface area contributed by atoms with Gasteiger partial charge in [-0.15, -0.1) is 0 Å². The fourth-order valence-corrected chi connectivity index (χ4v) is 11.9. The van der Waals surface area contributed by atoms with Gasteiger partial charge in [-0.1, -0.05) is 139 Å². The lowest BCUT2D eigenvalue weighted by Gasteiger charge is -2.64. The van der Waals surface area contributed by atoms with Gasteiger partial charge in [-0.3, -0.25) is 19.2 Å². The molecule has 0 saturated heterocycles. The second-order valence-corrected chi connectivity index (χ2v) is 19.2. The third-order valence-corrected chi connectivity index (χ3v) is 15.4. The molecule has 0 unspecified atom stereocenters. The van der Waals surface area contributed by atoms with Crippen molar-refractivity contribution in [1.82, 2.24) is 0 Å². The van der Waals surface area contributed by atoms with Crippen molar-refractivity contribution in [2.24, 2.45) is 46.3 Å². The molecule has 0 aliphatic heterocycles. The number of esters is 4. The number of carbonyl (C=O) groups is 4. The minimum atomic E-state index is -0.290. The van der Waals surface area contributed by atoms with E-state index in [1.54, 1.807) is 0 Å². The van der Waals surface area contributed by atoms with E-state index in [2.05, 4.69) is 41.5 Å². The van der Waals surface area contributed by atoms with Gasteiger partial charge in [-0.25, -0.2) is 0 Å². The minimum absolute atomic E-state index is 0.0312. The second kappa shape index (κ2) is 25.6. The van der Waals surface area contributed by atoms with Crippen molar-refractivity contribution in [1.29, 1.82) is 0 Å². The molecule has 4 fully saturated rings. The zero-order chi connectivity index (χ0) is 42.7. The van der Waals surface area contributed by atoms with Crippen LogP contribution in [0.4, 0.5) is 0 Å². The number of unbranched alkanes of at least 4 members (excludes halogenated alkanes) is 11. The molecule has 0 radical (unpaired) electrons. The molecule has 0 spiro atoms. The van der Waals surface area contributed by atoms with Gasteiger partial charge in [0.15, 0.2) is 0 Å². The van der Waals surface area contributed by atoms with Crippen molar-refractivity contribution in [2.75, 3.05) is 6.61 Å². The lowest BCUT2D eigenvalue weighted by atomic mass is 9.43. The van der Waals surface area contributed by atoms with Gasteiger partial charge in [0.25, 0.3) is 0 Å². The van der Waals surface area contributed by atoms with E-state index in [0.29, 0.717) is 32.3 Å². The summed E-state index contributed by atoms with van der Waals surface area (Å²) in [4.78, 5) is 51.0. The highest BCUT2D eigenvalue weighted by Crippen LogP contribution is 2.69. The van der Waals surface area contributed by atoms with Gasteiger partial charge in [0.2, 0.25) is 0 Å². The smallest absolute Gasteiger partial charge is 0.305 e. The van der Waals surface area contributed by atoms with E-state index in [1.807, 2.05) is 20.8 Å². The molecule has 4 aliphatic rings. The van der Waals surface area contributed by atoms with Crippen LogP contribution in [-0.4, -0.2) is 48.8 Å². The molecular weight excluding hydrogens is 729 g/mol. The standard InChI is InChI=1S/C41H68O8.C9H20/c1-8-12-13-14-15-16-23-46-38(45)20-17-27(5)30-18-19-31-39-32(26-34(41(30,31)7)49-37(44)11-4)40(6)22-21-29(47-35(42)9-2)24-28(40)25-33(39)48-36(43)10-3;1-3-5-7-9-8-6-4-2/h27-34,39H,8-26H2,1-7H3;3-9H2,1-2H3/t27-,28+,29-,30-,31+,32+,33-,34+,39+,40+,41-;/m1./s1. The first kappa shape index (κ1) is 50.2. The number of hydrogen-bond donors (Lipinski definition) is 0. The Bertz CT molecular complexity index is 1230. The first-order chi connectivity index (χ1) is 27.8. The first-order valence-corrected chi connectivity index (χ1v) is 24.6. The molecule has 0 aromatic heterocycles. The Balaban J connectivity index is 0.000000891. The summed E-state index contributed by atoms with van der Waals surface area (Å²) in [6.07, 6.45) is 24.6. The maximum Gasteiger partial charge on any atom is 0.305 e. The summed E-state index contributed by atoms with van der Waals surface area (Å²) in [6.45, 7) is 19.8. The molecule has 0 bridgehead atoms. The Labute approximate surface area is 355 Å². The van der Waals surface area contributed by atoms with E-state index in [-0.39, 0.29) is 88.5 Å². The molecule has 8 heteroatoms. The molecule has 0 N–H and O–H groups in total. The quantitative estimate of drug-likeness (QED) is 0.0570. The van der Waals surface area contributed by atoms with E-state index < -0.39 is 0 Å². The lowest BCUT2D eigenvalue weighted by molar-refractivity contribution is -0.225. The van der Waals surface area contributed by atoms with Crippen molar-refractivity contribution in [3.63, 3.8) is 0 Å². The van der Waals surface area contributed by atoms with Crippen LogP contribution in [0.2, 0.25) is 0 Å². The van der Waals surface area contributed by atoms with Crippen molar-refractivity contribution in [3.8, 4) is 0 Å². The molecule has 58 heavy (non-hydrogen) atoms. The lowest BCUT2D eigenvalue weighted by Crippen LogP contribution is -2.63. The van der Waals surface area contributed by atoms with Gasteiger partial charge in [0.05, 0.1) is 6.61 Å². The Hall–Kier alpha value is -2.12. The molecule has 4 aliphatic carbocycles. The predicted octanol–water partition coefficient (Wildman–Crippen LogP) is 12.9. The van der Waals surface area contributed by atoms with Crippen molar-refractivity contribution in [2.45, 2.75) is 241 Å². The molecule has 4 saturated carbocycles. The highest BCUT2D eigenvalue weighted by atomic mass is 16.6. The monoisotopic (exact) mass is 817 g/mol. The Morgan fingerprint density at radius 2 is 1.16 bits per heavy atom. The van der Waals surface area contributed by atoms with Gasteiger partial charge in [0.1, 0.15) is 18.3 Å². The number of hydrogen-bond acceptors (Lipinski definition) is 8. The topological polar surface area (TPSA) is 105 Å². The molecule has 0 aromatic rings. The van der Waals surface area contributed by atoms with Crippen molar-refractivity contribution in [3.05, 3.63) is 0 Å². The Morgan fingerprint density at radius 1 is 0.603 bits per heavy atom. The molecule has 8 nitrogen and oxygen atoms in total. The Kier molecular flexibility index (Phi) is 22.2. The predicted molar refractivity (Wildman–Crippen MR) is 233 cm³/mol. The van der Waals surface area contributed by atoms with Crippen molar-refractivity contribution < 1.29 is 38.1 Å². The van der Waals surface area contributed by atoms with Crippen LogP contribution in [0, 0.1) is 46.3 Å². The average Bonchev–Trinajstić information content (AvgIpc) is 3.58. The molecule has 0 amide bonds. The van der Waals surface area contributed by atoms with Crippen LogP contribution < -0.4 is 0 Å². The summed E-state index contributed by atoms with van der Waals surface area (Å²) in [7, 11) is 0. The maximum atomic E-state index is 13.0. The van der Waals surface area contributed by atoms with E-state index in [9.17, 15) is 19.2 Å². The van der Waals surface area contributed by atoms with E-state index in [4.69, 9.17) is 18.9 Å². The van der Waals surface area contributed by atoms with Crippen LogP contribution in [0.3, 0.4) is 0 Å². The van der Waals surface area contributed by atoms with Crippen LogP contribution in [-0.2, 0) is 38.1 Å². The first-order valence-electron chi connectivity index (χ1n) is 24.6. The molecule has 4 rings (SSSR count). The zero-order valence-electron chi connectivity index (χ0n) is 38.8. The summed E-state index contributed by atoms with van der Waals surface area (Å²) in [5.41, 5.74) is -0.321. The van der Waals surface area contributed by atoms with Crippen LogP contribution in [0.25, 0.3) is 0 Å². The molecule has 0 aromatic carbocycles. The van der Waals surface area contributed by atoms with Crippen molar-refractivity contribution >= 4 is 23.9 Å². The van der Waals surface area contributed by atoms with Crippen LogP contribution in [0.1, 0.15) is 223 Å². The molecule has 11 atom stereocenters. The van der Waals surface area contributed by atoms with E-state index >= 15 is 0 Å². The van der Waals surface area contributed by atoms with E-state index in [0.717, 1.165) is 64.2 Å². The molecule has 336 valence electrons. The summed E-state index contributed by atoms with van der Waals surface area (Å²) < 4.78 is 24.3. The summed E-state index contributed by atoms with van der Waals surface area (Å²) in [5.74, 6) is 0.801. The van der Waals surface area contributed by atoms with Crippen LogP contribution in [0.5, 0.6) is 0 Å². The fourth-order valence-electron chi connectivity index (χ4n) is 11.9. The van der Waals surface area contributed by atoms with Gasteiger partial charge in [-0.2, -0.15) is 0 Å². The number of carbonyl (C=O) groups excluding carboxylic acids is 4. The third kappa shape index (κ3) is 13.7. The van der Waals surface area contributed by atoms with E-state index in [1.165, 1.54) is 70.6 Å². The molecular formula is C50H88O8. The maximum absolute atomic E-state index is 13.0. The summed E-state index contributed by atoms with van der Waals surface area (Å²) >= 11 is 0. The normalized spacial score (nSPS) is 31.7. The number of ether oxygens (including phenoxy) is 4. The zero-order valence-corrected chi connectivity index (χ0v) is 38.8. The van der Waals surface area contributed by atoms with Gasteiger partial charge in [-0.05, 0) is 92.8 Å². The highest BCUT2D eigenvalue weighted by Gasteiger charge is 2.67. The summed E-state index contributed by atoms with van der Waals surface area (Å²) in [5, 5.41) is 0. The summed E-state index contributed by atoms with van der Waals surface area (Å²) in [6, 6.07) is 0. The largest absolute Gasteiger partial charge is 0.466 e. The van der Waals surface area contributed by atoms with Gasteiger partial charge >= 0.3 is 23.9 Å². The number of fused-ring (bicyclic) bond motifs is 5. The average molecular weight is 817 g/mol. The van der Waals surface area contributed by atoms with Crippen LogP contribution in [0.15, 0.2) is 0 Å². The van der Waals surface area contributed by atoms with Gasteiger partial charge < -0.3 is 18.9 Å². The second-order valence-electron chi connectivity index (χ2n) is 19.2. The highest BCUT2D eigenvalue weighted by molar-refractivity contribution is 5.70. The number of rotatable bonds is 23. The van der Waals surface area contributed by atoms with Gasteiger partial charge in [0, 0.05) is 37.0 Å². The fraction of sp³-hybridized carbons (Fsp3) is 0.920. The third-order valence-electron chi connectivity index (χ3n) is 15.4. The minimum Gasteiger partial charge on any atom is -0.466 e. The van der Waals surface area contributed by atoms with Crippen LogP contribution >= 0.6 is 0 Å². The Morgan fingerprint density at radius 3 is 1.74 bits per heavy atom. The SMILES string of the molecule is CCCCCCCCC.CCCCCCCCOC(=O)CC[C@@H](C)[C@H]1CC[C@H]2[C@@H]3[C@H](OC(=O)CC)C[C@@H]4C[C@H](OC(=O)CC)CC[C@]4(C)[C@H]3C[C@H](OC(=O)CC)[C@]12C.